The average molecular weight is 290 g/mol. The first-order valence-electron chi connectivity index (χ1n) is 7.70. The van der Waals surface area contributed by atoms with Gasteiger partial charge in [0.25, 0.3) is 5.91 Å². The van der Waals surface area contributed by atoms with Crippen LogP contribution in [0.5, 0.6) is 5.75 Å². The second-order valence-electron chi connectivity index (χ2n) is 6.12. The van der Waals surface area contributed by atoms with E-state index in [9.17, 15) is 4.79 Å². The van der Waals surface area contributed by atoms with Crippen molar-refractivity contribution < 1.29 is 9.53 Å². The van der Waals surface area contributed by atoms with Crippen LogP contribution in [0.1, 0.15) is 36.0 Å². The Morgan fingerprint density at radius 1 is 1.33 bits per heavy atom. The molecule has 0 heterocycles. The molecule has 1 amide bonds. The van der Waals surface area contributed by atoms with E-state index in [0.29, 0.717) is 11.5 Å². The fourth-order valence-electron chi connectivity index (χ4n) is 3.10. The third-order valence-electron chi connectivity index (χ3n) is 4.16. The molecule has 2 rings (SSSR count). The molecule has 0 radical (unpaired) electrons. The highest BCUT2D eigenvalue weighted by Gasteiger charge is 2.27. The number of nitrogens with zero attached hydrogens (tertiary/aromatic N) is 1. The molecule has 1 aliphatic rings. The summed E-state index contributed by atoms with van der Waals surface area (Å²) in [5.41, 5.74) is 0.670. The molecule has 0 bridgehead atoms. The number of carbonyl (C=O) groups excluding carboxylic acids is 1. The Labute approximate surface area is 127 Å². The third kappa shape index (κ3) is 4.46. The van der Waals surface area contributed by atoms with E-state index >= 15 is 0 Å². The lowest BCUT2D eigenvalue weighted by molar-refractivity contribution is 0.0895. The van der Waals surface area contributed by atoms with Gasteiger partial charge in [0.15, 0.2) is 0 Å². The smallest absolute Gasteiger partial charge is 0.251 e. The Hall–Kier alpha value is -1.55. The summed E-state index contributed by atoms with van der Waals surface area (Å²) in [7, 11) is 5.80. The number of benzene rings is 1. The van der Waals surface area contributed by atoms with Crippen molar-refractivity contribution in [3.05, 3.63) is 29.8 Å². The van der Waals surface area contributed by atoms with E-state index in [0.717, 1.165) is 18.7 Å². The minimum Gasteiger partial charge on any atom is -0.497 e. The molecule has 1 N–H and O–H groups in total. The molecular weight excluding hydrogens is 264 g/mol. The maximum atomic E-state index is 12.4. The van der Waals surface area contributed by atoms with E-state index in [2.05, 4.69) is 24.3 Å². The molecule has 1 aromatic rings. The van der Waals surface area contributed by atoms with Crippen molar-refractivity contribution >= 4 is 5.91 Å². The van der Waals surface area contributed by atoms with Crippen LogP contribution in [-0.2, 0) is 0 Å². The van der Waals surface area contributed by atoms with Gasteiger partial charge in [0.05, 0.1) is 7.11 Å². The number of carbonyl (C=O) groups is 1. The summed E-state index contributed by atoms with van der Waals surface area (Å²) in [5.74, 6) is 1.27. The lowest BCUT2D eigenvalue weighted by atomic mass is 9.84. The van der Waals surface area contributed by atoms with Crippen LogP contribution in [0, 0.1) is 5.92 Å². The maximum Gasteiger partial charge on any atom is 0.251 e. The first-order valence-corrected chi connectivity index (χ1v) is 7.70. The highest BCUT2D eigenvalue weighted by molar-refractivity contribution is 5.94. The summed E-state index contributed by atoms with van der Waals surface area (Å²) in [5, 5.41) is 3.22. The first kappa shape index (κ1) is 15.8. The molecule has 0 spiro atoms. The van der Waals surface area contributed by atoms with Gasteiger partial charge in [0.1, 0.15) is 5.75 Å². The Morgan fingerprint density at radius 2 is 2.10 bits per heavy atom. The Bertz CT molecular complexity index is 474. The van der Waals surface area contributed by atoms with Gasteiger partial charge in [-0.2, -0.15) is 0 Å². The van der Waals surface area contributed by atoms with E-state index < -0.39 is 0 Å². The molecule has 116 valence electrons. The highest BCUT2D eigenvalue weighted by Crippen LogP contribution is 2.25. The largest absolute Gasteiger partial charge is 0.497 e. The second-order valence-corrected chi connectivity index (χ2v) is 6.12. The fraction of sp³-hybridized carbons (Fsp3) is 0.588. The predicted molar refractivity (Wildman–Crippen MR) is 84.8 cm³/mol. The Morgan fingerprint density at radius 3 is 2.81 bits per heavy atom. The van der Waals surface area contributed by atoms with Gasteiger partial charge in [-0.3, -0.25) is 4.79 Å². The van der Waals surface area contributed by atoms with Gasteiger partial charge >= 0.3 is 0 Å². The lowest BCUT2D eigenvalue weighted by Gasteiger charge is -2.34. The summed E-state index contributed by atoms with van der Waals surface area (Å²) in [6, 6.07) is 7.61. The molecule has 1 aromatic carbocycles. The van der Waals surface area contributed by atoms with Crippen molar-refractivity contribution in [3.8, 4) is 5.75 Å². The van der Waals surface area contributed by atoms with Crippen molar-refractivity contribution in [2.45, 2.75) is 31.7 Å². The lowest BCUT2D eigenvalue weighted by Crippen LogP contribution is -2.45. The van der Waals surface area contributed by atoms with Crippen LogP contribution in [0.25, 0.3) is 0 Å². The number of ether oxygens (including phenoxy) is 1. The number of hydrogen-bond acceptors (Lipinski definition) is 3. The van der Waals surface area contributed by atoms with Crippen molar-refractivity contribution in [3.63, 3.8) is 0 Å². The predicted octanol–water partition coefficient (Wildman–Crippen LogP) is 2.55. The average Bonchev–Trinajstić information content (AvgIpc) is 2.48. The quantitative estimate of drug-likeness (QED) is 0.906. The van der Waals surface area contributed by atoms with Crippen molar-refractivity contribution in [1.82, 2.24) is 10.2 Å². The van der Waals surface area contributed by atoms with E-state index in [4.69, 9.17) is 4.74 Å². The molecule has 21 heavy (non-hydrogen) atoms. The van der Waals surface area contributed by atoms with Gasteiger partial charge in [-0.15, -0.1) is 0 Å². The molecule has 1 fully saturated rings. The first-order chi connectivity index (χ1) is 10.1. The van der Waals surface area contributed by atoms with Crippen molar-refractivity contribution in [2.75, 3.05) is 27.7 Å². The molecule has 4 nitrogen and oxygen atoms in total. The SMILES string of the molecule is COc1cccc(C(=O)NC2CCCCC2CN(C)C)c1. The molecular formula is C17H26N2O2. The molecule has 4 heteroatoms. The molecule has 0 aliphatic heterocycles. The van der Waals surface area contributed by atoms with Gasteiger partial charge in [-0.1, -0.05) is 18.9 Å². The monoisotopic (exact) mass is 290 g/mol. The maximum absolute atomic E-state index is 12.4. The molecule has 1 aliphatic carbocycles. The zero-order valence-electron chi connectivity index (χ0n) is 13.3. The van der Waals surface area contributed by atoms with E-state index in [1.54, 1.807) is 13.2 Å². The van der Waals surface area contributed by atoms with Crippen LogP contribution >= 0.6 is 0 Å². The number of methoxy groups -OCH3 is 1. The molecule has 0 saturated heterocycles. The molecule has 2 unspecified atom stereocenters. The van der Waals surface area contributed by atoms with E-state index in [1.807, 2.05) is 18.2 Å². The normalized spacial score (nSPS) is 22.1. The number of rotatable bonds is 5. The number of hydrogen-bond donors (Lipinski definition) is 1. The third-order valence-corrected chi connectivity index (χ3v) is 4.16. The topological polar surface area (TPSA) is 41.6 Å². The zero-order chi connectivity index (χ0) is 15.2. The van der Waals surface area contributed by atoms with Gasteiger partial charge < -0.3 is 15.0 Å². The Balaban J connectivity index is 2.02. The summed E-state index contributed by atoms with van der Waals surface area (Å²) in [6.07, 6.45) is 4.74. The summed E-state index contributed by atoms with van der Waals surface area (Å²) in [6.45, 7) is 1.03. The van der Waals surface area contributed by atoms with Gasteiger partial charge in [-0.25, -0.2) is 0 Å². The van der Waals surface area contributed by atoms with Crippen molar-refractivity contribution in [1.29, 1.82) is 0 Å². The summed E-state index contributed by atoms with van der Waals surface area (Å²) in [4.78, 5) is 14.6. The minimum atomic E-state index is 0.00422. The minimum absolute atomic E-state index is 0.00422. The van der Waals surface area contributed by atoms with Crippen molar-refractivity contribution in [2.24, 2.45) is 5.92 Å². The van der Waals surface area contributed by atoms with Crippen LogP contribution in [0.2, 0.25) is 0 Å². The zero-order valence-corrected chi connectivity index (χ0v) is 13.3. The fourth-order valence-corrected chi connectivity index (χ4v) is 3.10. The second kappa shape index (κ2) is 7.46. The summed E-state index contributed by atoms with van der Waals surface area (Å²) >= 11 is 0. The van der Waals surface area contributed by atoms with Crippen LogP contribution < -0.4 is 10.1 Å². The molecule has 1 saturated carbocycles. The standard InChI is InChI=1S/C17H26N2O2/c1-19(2)12-14-7-4-5-10-16(14)18-17(20)13-8-6-9-15(11-13)21-3/h6,8-9,11,14,16H,4-5,7,10,12H2,1-3H3,(H,18,20). The van der Waals surface area contributed by atoms with Crippen LogP contribution in [0.15, 0.2) is 24.3 Å². The van der Waals surface area contributed by atoms with Gasteiger partial charge in [-0.05, 0) is 51.1 Å². The molecule has 2 atom stereocenters. The number of nitrogens with one attached hydrogen (secondary N) is 1. The van der Waals surface area contributed by atoms with E-state index in [1.165, 1.54) is 19.3 Å². The van der Waals surface area contributed by atoms with Crippen LogP contribution in [0.4, 0.5) is 0 Å². The summed E-state index contributed by atoms with van der Waals surface area (Å²) < 4.78 is 5.18. The van der Waals surface area contributed by atoms with E-state index in [-0.39, 0.29) is 11.9 Å². The Kier molecular flexibility index (Phi) is 5.62. The molecule has 0 aromatic heterocycles. The highest BCUT2D eigenvalue weighted by atomic mass is 16.5. The van der Waals surface area contributed by atoms with Crippen LogP contribution in [0.3, 0.4) is 0 Å². The van der Waals surface area contributed by atoms with Gasteiger partial charge in [0.2, 0.25) is 0 Å². The van der Waals surface area contributed by atoms with Gasteiger partial charge in [0, 0.05) is 18.2 Å². The van der Waals surface area contributed by atoms with Crippen LogP contribution in [-0.4, -0.2) is 44.6 Å². The number of amides is 1.